The summed E-state index contributed by atoms with van der Waals surface area (Å²) < 4.78 is 18.7. The molecular weight excluding hydrogens is 309 g/mol. The quantitative estimate of drug-likeness (QED) is 0.849. The number of nitrogens with one attached hydrogen (secondary N) is 1. The highest BCUT2D eigenvalue weighted by molar-refractivity contribution is 6.31. The van der Waals surface area contributed by atoms with Crippen molar-refractivity contribution in [3.63, 3.8) is 0 Å². The van der Waals surface area contributed by atoms with E-state index in [0.717, 1.165) is 6.42 Å². The Bertz CT molecular complexity index is 517. The fraction of sp³-hybridized carbons (Fsp3) is 0.562. The minimum atomic E-state index is -1.12. The van der Waals surface area contributed by atoms with E-state index >= 15 is 0 Å². The largest absolute Gasteiger partial charge is 0.444 e. The van der Waals surface area contributed by atoms with E-state index in [2.05, 4.69) is 5.32 Å². The van der Waals surface area contributed by atoms with Gasteiger partial charge in [-0.05, 0) is 33.3 Å². The van der Waals surface area contributed by atoms with Crippen LogP contribution in [0.2, 0.25) is 5.02 Å². The van der Waals surface area contributed by atoms with E-state index in [1.54, 1.807) is 20.8 Å². The first kappa shape index (κ1) is 18.7. The Balaban J connectivity index is 2.90. The van der Waals surface area contributed by atoms with Crippen molar-refractivity contribution in [2.75, 3.05) is 0 Å². The van der Waals surface area contributed by atoms with Crippen molar-refractivity contribution in [2.24, 2.45) is 0 Å². The topological polar surface area (TPSA) is 58.6 Å². The summed E-state index contributed by atoms with van der Waals surface area (Å²) in [4.78, 5) is 11.9. The third kappa shape index (κ3) is 5.46. The average molecular weight is 332 g/mol. The number of hydrogen-bond donors (Lipinski definition) is 2. The van der Waals surface area contributed by atoms with E-state index < -0.39 is 29.7 Å². The second-order valence-corrected chi connectivity index (χ2v) is 6.51. The zero-order valence-electron chi connectivity index (χ0n) is 13.3. The summed E-state index contributed by atoms with van der Waals surface area (Å²) in [6.45, 7) is 7.17. The van der Waals surface area contributed by atoms with Gasteiger partial charge in [0.2, 0.25) is 0 Å². The van der Waals surface area contributed by atoms with Gasteiger partial charge in [-0.1, -0.05) is 37.1 Å². The van der Waals surface area contributed by atoms with Crippen LogP contribution in [0.15, 0.2) is 18.2 Å². The lowest BCUT2D eigenvalue weighted by molar-refractivity contribution is 0.0413. The number of hydrogen-bond acceptors (Lipinski definition) is 3. The van der Waals surface area contributed by atoms with Gasteiger partial charge in [0.25, 0.3) is 0 Å². The number of halogens is 2. The number of carbonyl (C=O) groups excluding carboxylic acids is 1. The molecule has 0 aliphatic carbocycles. The average Bonchev–Trinajstić information content (AvgIpc) is 2.38. The molecule has 1 rings (SSSR count). The molecule has 0 aromatic heterocycles. The molecule has 1 aromatic carbocycles. The molecule has 6 heteroatoms. The number of amides is 1. The van der Waals surface area contributed by atoms with Crippen LogP contribution in [-0.2, 0) is 4.74 Å². The maximum atomic E-state index is 13.5. The SMILES string of the molecule is CCCC(NC(=O)OC(C)(C)C)C(O)c1cccc(F)c1Cl. The van der Waals surface area contributed by atoms with Crippen LogP contribution >= 0.6 is 11.6 Å². The fourth-order valence-corrected chi connectivity index (χ4v) is 2.28. The zero-order chi connectivity index (χ0) is 16.9. The van der Waals surface area contributed by atoms with Crippen LogP contribution in [0.3, 0.4) is 0 Å². The van der Waals surface area contributed by atoms with Crippen molar-refractivity contribution in [3.05, 3.63) is 34.6 Å². The number of rotatable bonds is 5. The summed E-state index contributed by atoms with van der Waals surface area (Å²) in [5, 5.41) is 12.9. The van der Waals surface area contributed by atoms with Crippen molar-refractivity contribution in [1.29, 1.82) is 0 Å². The van der Waals surface area contributed by atoms with Crippen LogP contribution in [0.25, 0.3) is 0 Å². The van der Waals surface area contributed by atoms with Gasteiger partial charge in [0.15, 0.2) is 0 Å². The Hall–Kier alpha value is -1.33. The van der Waals surface area contributed by atoms with Crippen molar-refractivity contribution in [3.8, 4) is 0 Å². The molecule has 2 N–H and O–H groups in total. The minimum absolute atomic E-state index is 0.137. The van der Waals surface area contributed by atoms with Gasteiger partial charge in [0, 0.05) is 5.56 Å². The molecule has 1 aromatic rings. The first-order chi connectivity index (χ1) is 10.2. The molecule has 0 aliphatic rings. The molecule has 1 amide bonds. The molecule has 4 nitrogen and oxygen atoms in total. The molecule has 2 atom stereocenters. The number of carbonyl (C=O) groups is 1. The van der Waals surface area contributed by atoms with Crippen molar-refractivity contribution in [2.45, 2.75) is 58.3 Å². The first-order valence-corrected chi connectivity index (χ1v) is 7.65. The van der Waals surface area contributed by atoms with E-state index in [1.807, 2.05) is 6.92 Å². The number of benzene rings is 1. The molecular formula is C16H23ClFNO3. The molecule has 2 unspecified atom stereocenters. The number of aliphatic hydroxyl groups is 1. The first-order valence-electron chi connectivity index (χ1n) is 7.27. The van der Waals surface area contributed by atoms with E-state index in [9.17, 15) is 14.3 Å². The van der Waals surface area contributed by atoms with Gasteiger partial charge in [0.1, 0.15) is 17.5 Å². The summed E-state index contributed by atoms with van der Waals surface area (Å²) in [5.74, 6) is -0.606. The maximum Gasteiger partial charge on any atom is 0.407 e. The van der Waals surface area contributed by atoms with Gasteiger partial charge in [-0.2, -0.15) is 0 Å². The summed E-state index contributed by atoms with van der Waals surface area (Å²) >= 11 is 5.90. The van der Waals surface area contributed by atoms with E-state index in [-0.39, 0.29) is 10.6 Å². The Morgan fingerprint density at radius 3 is 2.64 bits per heavy atom. The zero-order valence-corrected chi connectivity index (χ0v) is 14.1. The smallest absolute Gasteiger partial charge is 0.407 e. The molecule has 0 fully saturated rings. The minimum Gasteiger partial charge on any atom is -0.444 e. The van der Waals surface area contributed by atoms with Crippen molar-refractivity contribution in [1.82, 2.24) is 5.32 Å². The lowest BCUT2D eigenvalue weighted by atomic mass is 9.98. The monoisotopic (exact) mass is 331 g/mol. The molecule has 0 saturated carbocycles. The normalized spacial score (nSPS) is 14.3. The number of aliphatic hydroxyl groups excluding tert-OH is 1. The third-order valence-corrected chi connectivity index (χ3v) is 3.38. The fourth-order valence-electron chi connectivity index (χ4n) is 2.04. The lowest BCUT2D eigenvalue weighted by Crippen LogP contribution is -2.42. The second kappa shape index (κ2) is 7.79. The predicted octanol–water partition coefficient (Wildman–Crippen LogP) is 4.21. The lowest BCUT2D eigenvalue weighted by Gasteiger charge is -2.27. The van der Waals surface area contributed by atoms with Gasteiger partial charge in [-0.25, -0.2) is 9.18 Å². The molecule has 124 valence electrons. The summed E-state index contributed by atoms with van der Waals surface area (Å²) in [6, 6.07) is 3.61. The summed E-state index contributed by atoms with van der Waals surface area (Å²) in [7, 11) is 0. The summed E-state index contributed by atoms with van der Waals surface area (Å²) in [6.07, 6.45) is -0.509. The highest BCUT2D eigenvalue weighted by Gasteiger charge is 2.27. The van der Waals surface area contributed by atoms with Gasteiger partial charge in [-0.15, -0.1) is 0 Å². The van der Waals surface area contributed by atoms with Crippen molar-refractivity contribution < 1.29 is 19.0 Å². The van der Waals surface area contributed by atoms with Crippen LogP contribution in [0.4, 0.5) is 9.18 Å². The van der Waals surface area contributed by atoms with E-state index in [4.69, 9.17) is 16.3 Å². The Morgan fingerprint density at radius 1 is 1.45 bits per heavy atom. The van der Waals surface area contributed by atoms with Gasteiger partial charge in [0.05, 0.1) is 11.1 Å². The van der Waals surface area contributed by atoms with Crippen LogP contribution in [0, 0.1) is 5.82 Å². The third-order valence-electron chi connectivity index (χ3n) is 2.98. The molecule has 0 spiro atoms. The Labute approximate surface area is 135 Å². The highest BCUT2D eigenvalue weighted by Crippen LogP contribution is 2.29. The van der Waals surface area contributed by atoms with Gasteiger partial charge >= 0.3 is 6.09 Å². The van der Waals surface area contributed by atoms with Crippen molar-refractivity contribution >= 4 is 17.7 Å². The van der Waals surface area contributed by atoms with Crippen LogP contribution in [-0.4, -0.2) is 22.8 Å². The molecule has 0 bridgehead atoms. The van der Waals surface area contributed by atoms with E-state index in [1.165, 1.54) is 18.2 Å². The van der Waals surface area contributed by atoms with Gasteiger partial charge < -0.3 is 15.2 Å². The Morgan fingerprint density at radius 2 is 2.09 bits per heavy atom. The number of alkyl carbamates (subject to hydrolysis) is 1. The summed E-state index contributed by atoms with van der Waals surface area (Å²) in [5.41, 5.74) is -0.390. The van der Waals surface area contributed by atoms with Gasteiger partial charge in [-0.3, -0.25) is 0 Å². The molecule has 0 heterocycles. The molecule has 0 saturated heterocycles. The number of ether oxygens (including phenoxy) is 1. The standard InChI is InChI=1S/C16H23ClFNO3/c1-5-7-12(19-15(21)22-16(2,3)4)14(20)10-8-6-9-11(18)13(10)17/h6,8-9,12,14,20H,5,7H2,1-4H3,(H,19,21). The Kier molecular flexibility index (Phi) is 6.63. The second-order valence-electron chi connectivity index (χ2n) is 6.13. The molecule has 0 aliphatic heterocycles. The highest BCUT2D eigenvalue weighted by atomic mass is 35.5. The molecule has 22 heavy (non-hydrogen) atoms. The van der Waals surface area contributed by atoms with Crippen LogP contribution < -0.4 is 5.32 Å². The predicted molar refractivity (Wildman–Crippen MR) is 84.4 cm³/mol. The maximum absolute atomic E-state index is 13.5. The van der Waals surface area contributed by atoms with E-state index in [0.29, 0.717) is 6.42 Å². The molecule has 0 radical (unpaired) electrons. The van der Waals surface area contributed by atoms with Crippen LogP contribution in [0.5, 0.6) is 0 Å². The van der Waals surface area contributed by atoms with Crippen LogP contribution in [0.1, 0.15) is 52.2 Å².